The van der Waals surface area contributed by atoms with Crippen molar-refractivity contribution in [1.82, 2.24) is 4.98 Å². The van der Waals surface area contributed by atoms with E-state index in [0.717, 1.165) is 12.1 Å². The number of nitrogens with one attached hydrogen (secondary N) is 1. The number of halogens is 4. The number of benzene rings is 1. The summed E-state index contributed by atoms with van der Waals surface area (Å²) in [7, 11) is 0. The lowest BCUT2D eigenvalue weighted by Crippen LogP contribution is -2.17. The quantitative estimate of drug-likeness (QED) is 0.803. The van der Waals surface area contributed by atoms with Gasteiger partial charge in [-0.25, -0.2) is 4.98 Å². The van der Waals surface area contributed by atoms with E-state index in [-0.39, 0.29) is 17.1 Å². The van der Waals surface area contributed by atoms with Gasteiger partial charge in [-0.05, 0) is 46.3 Å². The summed E-state index contributed by atoms with van der Waals surface area (Å²) in [6, 6.07) is 5.85. The van der Waals surface area contributed by atoms with Gasteiger partial charge in [0.2, 0.25) is 0 Å². The molecule has 4 nitrogen and oxygen atoms in total. The average molecular weight is 360 g/mol. The van der Waals surface area contributed by atoms with Gasteiger partial charge in [0.25, 0.3) is 5.91 Å². The predicted octanol–water partition coefficient (Wildman–Crippen LogP) is 3.70. The summed E-state index contributed by atoms with van der Waals surface area (Å²) in [5.74, 6) is -0.572. The van der Waals surface area contributed by atoms with Crippen LogP contribution in [0.25, 0.3) is 0 Å². The minimum Gasteiger partial charge on any atom is -0.398 e. The lowest BCUT2D eigenvalue weighted by molar-refractivity contribution is -0.137. The van der Waals surface area contributed by atoms with Crippen molar-refractivity contribution in [2.24, 2.45) is 0 Å². The van der Waals surface area contributed by atoms with E-state index in [4.69, 9.17) is 5.73 Å². The Hall–Kier alpha value is -2.09. The van der Waals surface area contributed by atoms with Gasteiger partial charge in [-0.1, -0.05) is 0 Å². The molecule has 21 heavy (non-hydrogen) atoms. The van der Waals surface area contributed by atoms with Gasteiger partial charge < -0.3 is 11.1 Å². The van der Waals surface area contributed by atoms with Crippen molar-refractivity contribution in [3.8, 4) is 0 Å². The van der Waals surface area contributed by atoms with E-state index >= 15 is 0 Å². The minimum atomic E-state index is -4.55. The monoisotopic (exact) mass is 359 g/mol. The lowest BCUT2D eigenvalue weighted by Gasteiger charge is -2.11. The molecule has 1 amide bonds. The molecule has 1 aromatic carbocycles. The number of alkyl halides is 3. The molecule has 8 heteroatoms. The van der Waals surface area contributed by atoms with Crippen LogP contribution in [0.15, 0.2) is 41.0 Å². The molecule has 1 aromatic heterocycles. The molecular formula is C13H9BrF3N3O. The molecule has 0 unspecified atom stereocenters. The Balaban J connectivity index is 2.33. The molecule has 0 atom stereocenters. The normalized spacial score (nSPS) is 11.2. The van der Waals surface area contributed by atoms with E-state index < -0.39 is 17.6 Å². The van der Waals surface area contributed by atoms with Gasteiger partial charge >= 0.3 is 6.18 Å². The van der Waals surface area contributed by atoms with Crippen LogP contribution >= 0.6 is 15.9 Å². The largest absolute Gasteiger partial charge is 0.416 e. The molecule has 0 aliphatic carbocycles. The van der Waals surface area contributed by atoms with Crippen molar-refractivity contribution < 1.29 is 18.0 Å². The Morgan fingerprint density at radius 3 is 2.62 bits per heavy atom. The fraction of sp³-hybridized carbons (Fsp3) is 0.0769. The molecule has 3 N–H and O–H groups in total. The minimum absolute atomic E-state index is 0.0486. The highest BCUT2D eigenvalue weighted by atomic mass is 79.9. The fourth-order valence-corrected chi connectivity index (χ4v) is 1.94. The Morgan fingerprint density at radius 2 is 2.00 bits per heavy atom. The third-order valence-corrected chi connectivity index (χ3v) is 3.26. The summed E-state index contributed by atoms with van der Waals surface area (Å²) in [6.07, 6.45) is -3.11. The van der Waals surface area contributed by atoms with Gasteiger partial charge in [0.05, 0.1) is 15.6 Å². The van der Waals surface area contributed by atoms with E-state index in [1.807, 2.05) is 0 Å². The molecule has 0 aliphatic rings. The molecule has 0 bridgehead atoms. The third-order valence-electron chi connectivity index (χ3n) is 2.62. The number of nitrogens with two attached hydrogens (primary N) is 1. The van der Waals surface area contributed by atoms with Crippen molar-refractivity contribution in [3.05, 3.63) is 52.1 Å². The Morgan fingerprint density at radius 1 is 1.29 bits per heavy atom. The summed E-state index contributed by atoms with van der Waals surface area (Å²) in [4.78, 5) is 15.9. The third kappa shape index (κ3) is 3.52. The molecule has 0 fully saturated rings. The second-order valence-electron chi connectivity index (χ2n) is 4.09. The molecule has 0 saturated heterocycles. The van der Waals surface area contributed by atoms with E-state index in [1.165, 1.54) is 6.20 Å². The zero-order valence-electron chi connectivity index (χ0n) is 10.4. The number of hydrogen-bond donors (Lipinski definition) is 2. The zero-order valence-corrected chi connectivity index (χ0v) is 12.0. The average Bonchev–Trinajstić information content (AvgIpc) is 2.40. The van der Waals surface area contributed by atoms with Crippen LogP contribution in [0.3, 0.4) is 0 Å². The molecule has 2 aromatic rings. The molecular weight excluding hydrogens is 351 g/mol. The summed E-state index contributed by atoms with van der Waals surface area (Å²) in [5, 5.41) is 2.40. The first-order valence-corrected chi connectivity index (χ1v) is 6.47. The van der Waals surface area contributed by atoms with Crippen LogP contribution in [0, 0.1) is 0 Å². The Kier molecular flexibility index (Phi) is 4.17. The van der Waals surface area contributed by atoms with Crippen molar-refractivity contribution in [2.75, 3.05) is 11.1 Å². The number of carbonyl (C=O) groups is 1. The number of hydrogen-bond acceptors (Lipinski definition) is 3. The number of pyridine rings is 1. The van der Waals surface area contributed by atoms with Crippen LogP contribution in [0.4, 0.5) is 24.7 Å². The van der Waals surface area contributed by atoms with Crippen LogP contribution < -0.4 is 11.1 Å². The number of carbonyl (C=O) groups excluding carboxylic acids is 1. The summed E-state index contributed by atoms with van der Waals surface area (Å²) < 4.78 is 38.5. The maximum Gasteiger partial charge on any atom is 0.416 e. The van der Waals surface area contributed by atoms with Gasteiger partial charge in [-0.15, -0.1) is 0 Å². The first-order chi connectivity index (χ1) is 9.79. The maximum atomic E-state index is 12.7. The van der Waals surface area contributed by atoms with E-state index in [1.54, 1.807) is 12.1 Å². The van der Waals surface area contributed by atoms with Gasteiger partial charge in [0.15, 0.2) is 0 Å². The number of rotatable bonds is 2. The summed E-state index contributed by atoms with van der Waals surface area (Å²) in [6.45, 7) is 0. The maximum absolute atomic E-state index is 12.7. The second-order valence-corrected chi connectivity index (χ2v) is 4.94. The first-order valence-electron chi connectivity index (χ1n) is 5.67. The number of nitrogens with zero attached hydrogens (tertiary/aromatic N) is 1. The molecule has 2 rings (SSSR count). The molecule has 110 valence electrons. The van der Waals surface area contributed by atoms with Gasteiger partial charge in [-0.2, -0.15) is 13.2 Å². The highest BCUT2D eigenvalue weighted by molar-refractivity contribution is 9.10. The van der Waals surface area contributed by atoms with Crippen molar-refractivity contribution in [2.45, 2.75) is 6.18 Å². The van der Waals surface area contributed by atoms with E-state index in [2.05, 4.69) is 26.2 Å². The topological polar surface area (TPSA) is 68.0 Å². The molecule has 1 heterocycles. The van der Waals surface area contributed by atoms with Crippen LogP contribution in [0.5, 0.6) is 0 Å². The lowest BCUT2D eigenvalue weighted by atomic mass is 10.1. The SMILES string of the molecule is Nc1ccc(C(F)(F)F)cc1C(=O)Nc1ncccc1Br. The summed E-state index contributed by atoms with van der Waals surface area (Å²) in [5.41, 5.74) is 4.31. The van der Waals surface area contributed by atoms with Crippen molar-refractivity contribution in [1.29, 1.82) is 0 Å². The highest BCUT2D eigenvalue weighted by Crippen LogP contribution is 2.31. The molecule has 0 radical (unpaired) electrons. The highest BCUT2D eigenvalue weighted by Gasteiger charge is 2.31. The fourth-order valence-electron chi connectivity index (χ4n) is 1.58. The zero-order chi connectivity index (χ0) is 15.6. The van der Waals surface area contributed by atoms with Gasteiger partial charge in [0, 0.05) is 11.9 Å². The van der Waals surface area contributed by atoms with Gasteiger partial charge in [-0.3, -0.25) is 4.79 Å². The Labute approximate surface area is 126 Å². The molecule has 0 aliphatic heterocycles. The van der Waals surface area contributed by atoms with Crippen LogP contribution in [0.1, 0.15) is 15.9 Å². The smallest absolute Gasteiger partial charge is 0.398 e. The first kappa shape index (κ1) is 15.3. The van der Waals surface area contributed by atoms with Crippen molar-refractivity contribution >= 4 is 33.3 Å². The standard InChI is InChI=1S/C13H9BrF3N3O/c14-9-2-1-5-19-11(9)20-12(21)8-6-7(13(15,16)17)3-4-10(8)18/h1-6H,18H2,(H,19,20,21). The molecule has 0 saturated carbocycles. The number of aromatic nitrogens is 1. The second kappa shape index (κ2) is 5.72. The van der Waals surface area contributed by atoms with Crippen LogP contribution in [-0.4, -0.2) is 10.9 Å². The van der Waals surface area contributed by atoms with Crippen molar-refractivity contribution in [3.63, 3.8) is 0 Å². The Bertz CT molecular complexity index is 689. The molecule has 0 spiro atoms. The van der Waals surface area contributed by atoms with Crippen LogP contribution in [0.2, 0.25) is 0 Å². The van der Waals surface area contributed by atoms with E-state index in [0.29, 0.717) is 10.5 Å². The number of anilines is 2. The summed E-state index contributed by atoms with van der Waals surface area (Å²) >= 11 is 3.17. The number of nitrogen functional groups attached to an aromatic ring is 1. The predicted molar refractivity (Wildman–Crippen MR) is 75.7 cm³/mol. The van der Waals surface area contributed by atoms with Gasteiger partial charge in [0.1, 0.15) is 5.82 Å². The number of amides is 1. The van der Waals surface area contributed by atoms with Crippen LogP contribution in [-0.2, 0) is 6.18 Å². The van der Waals surface area contributed by atoms with E-state index in [9.17, 15) is 18.0 Å².